The third-order valence-corrected chi connectivity index (χ3v) is 3.68. The lowest BCUT2D eigenvalue weighted by atomic mass is 10.2. The van der Waals surface area contributed by atoms with E-state index >= 15 is 0 Å². The number of amides is 3. The number of rotatable bonds is 4. The highest BCUT2D eigenvalue weighted by atomic mass is 32.2. The highest BCUT2D eigenvalue weighted by Crippen LogP contribution is 2.12. The molecule has 0 aliphatic heterocycles. The van der Waals surface area contributed by atoms with Crippen LogP contribution in [0.4, 0.5) is 4.79 Å². The number of nitrogens with one attached hydrogen (secondary N) is 1. The van der Waals surface area contributed by atoms with E-state index in [2.05, 4.69) is 5.73 Å². The molecule has 1 rings (SSSR count). The molecule has 19 heavy (non-hydrogen) atoms. The minimum absolute atomic E-state index is 0.0828. The maximum atomic E-state index is 11.7. The lowest BCUT2D eigenvalue weighted by molar-refractivity contribution is -0.117. The zero-order valence-corrected chi connectivity index (χ0v) is 10.3. The van der Waals surface area contributed by atoms with E-state index in [0.29, 0.717) is 0 Å². The SMILES string of the molecule is NC(=O)NC(=O)CS(=O)(=O)c1ccc(C(=O)O)cc1. The van der Waals surface area contributed by atoms with Gasteiger partial charge in [0.05, 0.1) is 10.5 Å². The fourth-order valence-corrected chi connectivity index (χ4v) is 2.37. The monoisotopic (exact) mass is 286 g/mol. The Morgan fingerprint density at radius 1 is 1.16 bits per heavy atom. The van der Waals surface area contributed by atoms with Crippen LogP contribution in [-0.4, -0.2) is 37.2 Å². The van der Waals surface area contributed by atoms with Crippen LogP contribution < -0.4 is 11.1 Å². The standard InChI is InChI=1S/C10H10N2O6S/c11-10(16)12-8(13)5-19(17,18)7-3-1-6(2-4-7)9(14)15/h1-4H,5H2,(H,14,15)(H3,11,12,13,16). The van der Waals surface area contributed by atoms with Gasteiger partial charge < -0.3 is 10.8 Å². The Balaban J connectivity index is 2.91. The highest BCUT2D eigenvalue weighted by Gasteiger charge is 2.20. The van der Waals surface area contributed by atoms with Gasteiger partial charge in [-0.2, -0.15) is 0 Å². The van der Waals surface area contributed by atoms with Gasteiger partial charge >= 0.3 is 12.0 Å². The Morgan fingerprint density at radius 2 is 1.68 bits per heavy atom. The number of hydrogen-bond acceptors (Lipinski definition) is 5. The number of aromatic carboxylic acids is 1. The third kappa shape index (κ3) is 4.07. The fourth-order valence-electron chi connectivity index (χ4n) is 1.23. The Bertz CT molecular complexity index is 620. The number of urea groups is 1. The summed E-state index contributed by atoms with van der Waals surface area (Å²) in [6.07, 6.45) is 0. The minimum Gasteiger partial charge on any atom is -0.478 e. The van der Waals surface area contributed by atoms with E-state index in [0.717, 1.165) is 24.3 Å². The fraction of sp³-hybridized carbons (Fsp3) is 0.100. The molecule has 102 valence electrons. The maximum Gasteiger partial charge on any atom is 0.335 e. The summed E-state index contributed by atoms with van der Waals surface area (Å²) in [6, 6.07) is 3.18. The number of carbonyl (C=O) groups excluding carboxylic acids is 2. The molecule has 0 aliphatic rings. The number of imide groups is 1. The van der Waals surface area contributed by atoms with Crippen molar-refractivity contribution in [3.8, 4) is 0 Å². The van der Waals surface area contributed by atoms with Crippen molar-refractivity contribution in [2.45, 2.75) is 4.90 Å². The van der Waals surface area contributed by atoms with Crippen molar-refractivity contribution in [1.82, 2.24) is 5.32 Å². The van der Waals surface area contributed by atoms with Crippen molar-refractivity contribution in [1.29, 1.82) is 0 Å². The molecule has 0 bridgehead atoms. The average Bonchev–Trinajstić information content (AvgIpc) is 2.27. The lowest BCUT2D eigenvalue weighted by Crippen LogP contribution is -2.38. The van der Waals surface area contributed by atoms with Gasteiger partial charge in [0.15, 0.2) is 9.84 Å². The lowest BCUT2D eigenvalue weighted by Gasteiger charge is -2.04. The first-order valence-electron chi connectivity index (χ1n) is 4.88. The normalized spacial score (nSPS) is 10.7. The maximum absolute atomic E-state index is 11.7. The first-order valence-corrected chi connectivity index (χ1v) is 6.53. The van der Waals surface area contributed by atoms with E-state index in [1.54, 1.807) is 5.32 Å². The van der Waals surface area contributed by atoms with Crippen LogP contribution in [0.2, 0.25) is 0 Å². The molecule has 1 aromatic rings. The number of hydrogen-bond donors (Lipinski definition) is 3. The molecule has 0 heterocycles. The van der Waals surface area contributed by atoms with E-state index in [9.17, 15) is 22.8 Å². The van der Waals surface area contributed by atoms with E-state index < -0.39 is 33.5 Å². The van der Waals surface area contributed by atoms with Crippen molar-refractivity contribution < 1.29 is 27.9 Å². The largest absolute Gasteiger partial charge is 0.478 e. The topological polar surface area (TPSA) is 144 Å². The number of sulfone groups is 1. The molecule has 1 aromatic carbocycles. The predicted molar refractivity (Wildman–Crippen MR) is 63.2 cm³/mol. The Kier molecular flexibility index (Phi) is 4.22. The molecule has 0 radical (unpaired) electrons. The number of benzene rings is 1. The molecule has 8 nitrogen and oxygen atoms in total. The molecular formula is C10H10N2O6S. The summed E-state index contributed by atoms with van der Waals surface area (Å²) < 4.78 is 23.5. The van der Waals surface area contributed by atoms with Crippen molar-refractivity contribution >= 4 is 27.7 Å². The van der Waals surface area contributed by atoms with Gasteiger partial charge in [-0.15, -0.1) is 0 Å². The Morgan fingerprint density at radius 3 is 2.11 bits per heavy atom. The van der Waals surface area contributed by atoms with Gasteiger partial charge in [0.1, 0.15) is 5.75 Å². The summed E-state index contributed by atoms with van der Waals surface area (Å²) in [5.41, 5.74) is 4.59. The van der Waals surface area contributed by atoms with Crippen LogP contribution in [0.25, 0.3) is 0 Å². The van der Waals surface area contributed by atoms with Crippen molar-refractivity contribution in [2.24, 2.45) is 5.73 Å². The Labute approximate surface area is 108 Å². The molecule has 9 heteroatoms. The van der Waals surface area contributed by atoms with Crippen LogP contribution in [0.3, 0.4) is 0 Å². The van der Waals surface area contributed by atoms with Gasteiger partial charge in [-0.1, -0.05) is 0 Å². The molecule has 0 atom stereocenters. The van der Waals surface area contributed by atoms with Gasteiger partial charge in [0.25, 0.3) is 0 Å². The van der Waals surface area contributed by atoms with Crippen LogP contribution in [0.1, 0.15) is 10.4 Å². The smallest absolute Gasteiger partial charge is 0.335 e. The molecule has 0 unspecified atom stereocenters. The third-order valence-electron chi connectivity index (χ3n) is 2.04. The Hall–Kier alpha value is -2.42. The van der Waals surface area contributed by atoms with Gasteiger partial charge in [-0.3, -0.25) is 10.1 Å². The first-order chi connectivity index (χ1) is 8.72. The van der Waals surface area contributed by atoms with E-state index in [1.807, 2.05) is 0 Å². The van der Waals surface area contributed by atoms with E-state index in [-0.39, 0.29) is 10.5 Å². The number of carboxylic acids is 1. The number of carboxylic acid groups (broad SMARTS) is 1. The number of carbonyl (C=O) groups is 3. The highest BCUT2D eigenvalue weighted by molar-refractivity contribution is 7.92. The zero-order chi connectivity index (χ0) is 14.6. The molecule has 3 amide bonds. The quantitative estimate of drug-likeness (QED) is 0.671. The van der Waals surface area contributed by atoms with E-state index in [1.165, 1.54) is 0 Å². The van der Waals surface area contributed by atoms with Crippen LogP contribution in [0, 0.1) is 0 Å². The summed E-state index contributed by atoms with van der Waals surface area (Å²) in [7, 11) is -3.96. The van der Waals surface area contributed by atoms with Crippen LogP contribution in [-0.2, 0) is 14.6 Å². The molecule has 0 spiro atoms. The minimum atomic E-state index is -3.96. The second kappa shape index (κ2) is 5.48. The van der Waals surface area contributed by atoms with Crippen LogP contribution in [0.15, 0.2) is 29.2 Å². The van der Waals surface area contributed by atoms with Gasteiger partial charge in [0, 0.05) is 0 Å². The molecule has 0 fully saturated rings. The summed E-state index contributed by atoms with van der Waals surface area (Å²) >= 11 is 0. The summed E-state index contributed by atoms with van der Waals surface area (Å²) in [5.74, 6) is -3.22. The number of primary amides is 1. The second-order valence-electron chi connectivity index (χ2n) is 3.50. The van der Waals surface area contributed by atoms with Gasteiger partial charge in [0.2, 0.25) is 5.91 Å². The molecular weight excluding hydrogens is 276 g/mol. The molecule has 0 saturated heterocycles. The van der Waals surface area contributed by atoms with Crippen molar-refractivity contribution in [2.75, 3.05) is 5.75 Å². The summed E-state index contributed by atoms with van der Waals surface area (Å²) in [6.45, 7) is 0. The van der Waals surface area contributed by atoms with Gasteiger partial charge in [-0.05, 0) is 24.3 Å². The number of nitrogens with two attached hydrogens (primary N) is 1. The van der Waals surface area contributed by atoms with E-state index in [4.69, 9.17) is 5.11 Å². The molecule has 0 aromatic heterocycles. The molecule has 4 N–H and O–H groups in total. The molecule has 0 aliphatic carbocycles. The van der Waals surface area contributed by atoms with Crippen molar-refractivity contribution in [3.05, 3.63) is 29.8 Å². The van der Waals surface area contributed by atoms with Crippen LogP contribution >= 0.6 is 0 Å². The summed E-state index contributed by atoms with van der Waals surface area (Å²) in [4.78, 5) is 31.9. The second-order valence-corrected chi connectivity index (χ2v) is 5.49. The first kappa shape index (κ1) is 14.6. The molecule has 0 saturated carbocycles. The van der Waals surface area contributed by atoms with Crippen LogP contribution in [0.5, 0.6) is 0 Å². The zero-order valence-electron chi connectivity index (χ0n) is 9.49. The predicted octanol–water partition coefficient (Wildman–Crippen LogP) is -0.647. The average molecular weight is 286 g/mol. The van der Waals surface area contributed by atoms with Gasteiger partial charge in [-0.25, -0.2) is 18.0 Å². The summed E-state index contributed by atoms with van der Waals surface area (Å²) in [5, 5.41) is 10.3. The van der Waals surface area contributed by atoms with Crippen molar-refractivity contribution in [3.63, 3.8) is 0 Å².